The first-order chi connectivity index (χ1) is 66.5. The van der Waals surface area contributed by atoms with Gasteiger partial charge in [0.05, 0.1) is 196 Å². The molecule has 139 heavy (non-hydrogen) atoms. The monoisotopic (exact) mass is 2030 g/mol. The average Bonchev–Trinajstić information content (AvgIpc) is 0.792. The molecule has 0 aliphatic carbocycles. The van der Waals surface area contributed by atoms with Gasteiger partial charge >= 0.3 is 71.9 Å². The van der Waals surface area contributed by atoms with Crippen LogP contribution in [-0.2, 0) is 70.6 Å². The van der Waals surface area contributed by atoms with Crippen LogP contribution < -0.4 is 82.8 Å². The van der Waals surface area contributed by atoms with Crippen molar-refractivity contribution in [3.8, 4) is 74.7 Å². The maximum absolute atomic E-state index is 12.2. The third-order valence-electron chi connectivity index (χ3n) is 19.9. The van der Waals surface area contributed by atoms with E-state index < -0.39 is 15.6 Å². The molecule has 3 heterocycles. The number of anilines is 2. The van der Waals surface area contributed by atoms with Crippen LogP contribution in [0.5, 0.6) is 74.7 Å². The number of pyridine rings is 1. The summed E-state index contributed by atoms with van der Waals surface area (Å²) < 4.78 is 237. The van der Waals surface area contributed by atoms with Gasteiger partial charge in [-0.3, -0.25) is 4.98 Å². The van der Waals surface area contributed by atoms with E-state index in [9.17, 15) is 55.2 Å². The number of esters is 1. The Morgan fingerprint density at radius 3 is 1.01 bits per heavy atom. The number of aromatic nitrogens is 1. The topological polar surface area (TPSA) is 281 Å². The number of para-hydroxylation sites is 4. The summed E-state index contributed by atoms with van der Waals surface area (Å²) in [5.74, 6) is 9.17. The van der Waals surface area contributed by atoms with Crippen LogP contribution in [0.15, 0.2) is 158 Å². The number of nitrogens with two attached hydrogens (primary N) is 2. The summed E-state index contributed by atoms with van der Waals surface area (Å²) in [7, 11) is -11.6. The first kappa shape index (κ1) is 118. The Hall–Kier alpha value is -10.2. The van der Waals surface area contributed by atoms with Gasteiger partial charge in [-0.25, -0.2) is 4.79 Å². The number of rotatable bonds is 33. The van der Waals surface area contributed by atoms with E-state index in [0.29, 0.717) is 176 Å². The minimum atomic E-state index is -10.7. The zero-order valence-electron chi connectivity index (χ0n) is 80.4. The summed E-state index contributed by atoms with van der Waals surface area (Å²) >= 11 is 0. The van der Waals surface area contributed by atoms with Gasteiger partial charge in [0.1, 0.15) is 134 Å². The standard InChI is InChI=1S/C41H61N3O6.C34H45NO10.C23H31NO6.2F6P/c1-2-3-4-5-6-7-8-9-10-11-12-17-22-48-37-31-35-33-42-38-18-13-15-20-40(38)49-29-27-46-25-23-45-24-26-47-28-30-50-41-21-16-14-19-39(41)43-34-36(32-37)44-35;1-36-31-18-27(19-32(23-31)37-2)25-35-26-28-20-33-24-34(21-28)45-17-13-41-9-7-39-11-15-43-30-5-3-4-29(22-30)42-14-10-38-6-8-40-12-16-44-33;1-26-19-10-17(11-20(14-19)27-2)16-24-8-6-5-7-9-30-23(25)18-12-21(28-3)15-22(13-18)29-4;2*1-7(2,3,4,5)6/h13-16,18-21,31-32,42-43H,2-12,17,22-30,33-34H2,1H3;3-5,18-24,35H,6-17,25-26H2,1-2H3;10-15,24H,5-9,16H2,1-4H3;;/q;;;2*-1/p+2. The molecule has 782 valence electrons. The molecule has 27 nitrogen and oxygen atoms in total. The number of ether oxygens (including phenoxy) is 21. The number of halogens is 12. The summed E-state index contributed by atoms with van der Waals surface area (Å²) in [6, 6.07) is 50.3. The first-order valence-corrected chi connectivity index (χ1v) is 50.5. The molecule has 0 spiro atoms. The van der Waals surface area contributed by atoms with Gasteiger partial charge in [0.25, 0.3) is 0 Å². The molecule has 0 saturated heterocycles. The van der Waals surface area contributed by atoms with E-state index in [1.807, 2.05) is 140 Å². The fourth-order valence-electron chi connectivity index (χ4n) is 13.3. The molecule has 2 aliphatic heterocycles. The van der Waals surface area contributed by atoms with Gasteiger partial charge in [-0.15, -0.1) is 0 Å². The molecule has 0 amide bonds. The second-order valence-electron chi connectivity index (χ2n) is 31.5. The molecule has 10 rings (SSSR count). The number of carbonyl (C=O) groups excluding carboxylic acids is 1. The van der Waals surface area contributed by atoms with Gasteiger partial charge in [0.2, 0.25) is 0 Å². The zero-order valence-corrected chi connectivity index (χ0v) is 82.2. The quantitative estimate of drug-likeness (QED) is 0.0129. The van der Waals surface area contributed by atoms with Crippen LogP contribution in [0.1, 0.15) is 142 Å². The number of benzene rings is 7. The van der Waals surface area contributed by atoms with E-state index in [0.717, 1.165) is 155 Å². The summed E-state index contributed by atoms with van der Waals surface area (Å²) in [6.07, 6.45) is 18.7. The zero-order chi connectivity index (χ0) is 101. The Morgan fingerprint density at radius 1 is 0.324 bits per heavy atom. The predicted octanol–water partition coefficient (Wildman–Crippen LogP) is 22.0. The fourth-order valence-corrected chi connectivity index (χ4v) is 13.3. The maximum atomic E-state index is 12.2. The number of unbranched alkanes of at least 4 members (excludes halogenated alkanes) is 13. The Kier molecular flexibility index (Phi) is 53.2. The van der Waals surface area contributed by atoms with E-state index in [-0.39, 0.29) is 5.97 Å². The van der Waals surface area contributed by atoms with Gasteiger partial charge in [-0.05, 0) is 111 Å². The SMILES string of the molecule is CCCCCCCCCCCCCCOc1cc2nc(c1)CNc1ccccc1OCCOCCOCCOCCOc1ccccc1NC2.COc1cc(C[NH2+]CCCCCOC(=O)c2cc(OC)cc(OC)c2)cc(OC)c1.COc1cc(C[NH2+]Cc2cc3cc(c2)OCCOCCOCCOc2cccc(c2)OCCOCCOCCO3)cc(OC)c1.F[P-](F)(F)(F)(F)F.F[P-](F)(F)(F)(F)F. The second kappa shape index (κ2) is 62.9. The number of hydrogen-bond acceptors (Lipinski definition) is 25. The molecule has 6 N–H and O–H groups in total. The van der Waals surface area contributed by atoms with Gasteiger partial charge in [-0.1, -0.05) is 108 Å². The van der Waals surface area contributed by atoms with E-state index >= 15 is 0 Å². The Morgan fingerprint density at radius 2 is 0.633 bits per heavy atom. The van der Waals surface area contributed by atoms with Gasteiger partial charge in [0, 0.05) is 59.2 Å². The van der Waals surface area contributed by atoms with Crippen molar-refractivity contribution in [1.82, 2.24) is 4.98 Å². The Labute approximate surface area is 806 Å². The number of nitrogens with zero attached hydrogens (tertiary/aromatic N) is 1. The third-order valence-corrected chi connectivity index (χ3v) is 19.9. The average molecular weight is 2030 g/mol. The number of quaternary nitrogens is 2. The molecule has 7 aromatic carbocycles. The molecular formula is C98H139F12N5O22P2. The van der Waals surface area contributed by atoms with Crippen LogP contribution in [0.25, 0.3) is 0 Å². The summed E-state index contributed by atoms with van der Waals surface area (Å²) in [6.45, 7) is 17.0. The summed E-state index contributed by atoms with van der Waals surface area (Å²) in [5, 5.41) is 11.5. The minimum absolute atomic E-state index is 0.370. The van der Waals surface area contributed by atoms with Crippen molar-refractivity contribution in [1.29, 1.82) is 0 Å². The van der Waals surface area contributed by atoms with Crippen molar-refractivity contribution in [3.63, 3.8) is 0 Å². The van der Waals surface area contributed by atoms with E-state index in [2.05, 4.69) is 28.2 Å². The van der Waals surface area contributed by atoms with Crippen molar-refractivity contribution >= 4 is 33.0 Å². The Bertz CT molecular complexity index is 4500. The van der Waals surface area contributed by atoms with Crippen LogP contribution in [0.2, 0.25) is 0 Å². The van der Waals surface area contributed by atoms with E-state index in [1.54, 1.807) is 60.9 Å². The molecule has 6 bridgehead atoms. The molecule has 41 heteroatoms. The molecule has 0 saturated carbocycles. The number of methoxy groups -OCH3 is 6. The van der Waals surface area contributed by atoms with E-state index in [1.165, 1.54) is 70.6 Å². The molecule has 0 radical (unpaired) electrons. The van der Waals surface area contributed by atoms with Gasteiger partial charge in [-0.2, -0.15) is 0 Å². The summed E-state index contributed by atoms with van der Waals surface area (Å²) in [4.78, 5) is 17.2. The first-order valence-electron chi connectivity index (χ1n) is 46.5. The Balaban J connectivity index is 0.000000305. The number of carbonyl (C=O) groups is 1. The molecule has 0 unspecified atom stereocenters. The van der Waals surface area contributed by atoms with Crippen LogP contribution in [-0.4, -0.2) is 206 Å². The van der Waals surface area contributed by atoms with Crippen molar-refractivity contribution in [2.45, 2.75) is 136 Å². The molecule has 0 atom stereocenters. The van der Waals surface area contributed by atoms with Crippen LogP contribution in [0.3, 0.4) is 0 Å². The number of nitrogens with one attached hydrogen (secondary N) is 2. The van der Waals surface area contributed by atoms with Crippen LogP contribution >= 0.6 is 15.6 Å². The van der Waals surface area contributed by atoms with Crippen LogP contribution in [0, 0.1) is 0 Å². The number of fused-ring (bicyclic) bond motifs is 8. The van der Waals surface area contributed by atoms with Crippen molar-refractivity contribution in [2.75, 3.05) is 205 Å². The molecule has 1 aromatic heterocycles. The normalized spacial score (nSPS) is 15.3. The van der Waals surface area contributed by atoms with Crippen molar-refractivity contribution in [2.24, 2.45) is 0 Å². The second-order valence-corrected chi connectivity index (χ2v) is 35.4. The number of hydrogen-bond donors (Lipinski definition) is 4. The molecular weight excluding hydrogens is 1890 g/mol. The van der Waals surface area contributed by atoms with Gasteiger partial charge < -0.3 is 121 Å². The molecule has 0 fully saturated rings. The fraction of sp³-hybridized carbons (Fsp3) is 0.510. The predicted molar refractivity (Wildman–Crippen MR) is 510 cm³/mol. The molecule has 8 aromatic rings. The molecule has 2 aliphatic rings. The van der Waals surface area contributed by atoms with E-state index in [4.69, 9.17) is 104 Å². The van der Waals surface area contributed by atoms with Gasteiger partial charge in [0.15, 0.2) is 0 Å². The van der Waals surface area contributed by atoms with Crippen molar-refractivity contribution in [3.05, 3.63) is 191 Å². The van der Waals surface area contributed by atoms with Crippen molar-refractivity contribution < 1.29 is 165 Å². The van der Waals surface area contributed by atoms with Crippen LogP contribution in [0.4, 0.5) is 61.7 Å². The summed E-state index contributed by atoms with van der Waals surface area (Å²) in [5.41, 5.74) is 7.36. The third kappa shape index (κ3) is 61.2.